The van der Waals surface area contributed by atoms with Gasteiger partial charge < -0.3 is 14.4 Å². The zero-order valence-corrected chi connectivity index (χ0v) is 16.6. The largest absolute Gasteiger partial charge is 0.726 e. The maximum absolute atomic E-state index is 11.3. The van der Waals surface area contributed by atoms with Gasteiger partial charge in [0.05, 0.1) is 32.8 Å². The predicted molar refractivity (Wildman–Crippen MR) is 95.1 cm³/mol. The fourth-order valence-electron chi connectivity index (χ4n) is 2.21. The van der Waals surface area contributed by atoms with Gasteiger partial charge >= 0.3 is 0 Å². The van der Waals surface area contributed by atoms with Crippen LogP contribution in [0.2, 0.25) is 0 Å². The van der Waals surface area contributed by atoms with Gasteiger partial charge in [-0.2, -0.15) is 0 Å². The van der Waals surface area contributed by atoms with E-state index in [1.54, 1.807) is 6.92 Å². The van der Waals surface area contributed by atoms with Crippen LogP contribution in [-0.2, 0) is 19.4 Å². The Kier molecular flexibility index (Phi) is 14.1. The van der Waals surface area contributed by atoms with E-state index in [1.165, 1.54) is 44.0 Å². The molecule has 0 aromatic rings. The van der Waals surface area contributed by atoms with Gasteiger partial charge in [0.2, 0.25) is 16.3 Å². The number of unbranched alkanes of at least 4 members (excludes halogenated alkanes) is 1. The Bertz CT molecular complexity index is 451. The first-order valence-electron chi connectivity index (χ1n) is 8.46. The second-order valence-corrected chi connectivity index (χ2v) is 6.62. The first-order valence-corrected chi connectivity index (χ1v) is 9.79. The third kappa shape index (κ3) is 13.5. The third-order valence-electron chi connectivity index (χ3n) is 4.01. The number of hydrogen-bond donors (Lipinski definition) is 1. The Morgan fingerprint density at radius 3 is 1.92 bits per heavy atom. The fraction of sp³-hybridized carbons (Fsp3) is 0.812. The third-order valence-corrected chi connectivity index (χ3v) is 4.53. The lowest BCUT2D eigenvalue weighted by molar-refractivity contribution is -0.923. The highest BCUT2D eigenvalue weighted by Gasteiger charge is 2.19. The van der Waals surface area contributed by atoms with E-state index in [0.717, 1.165) is 13.0 Å². The molecule has 0 unspecified atom stereocenters. The van der Waals surface area contributed by atoms with Crippen LogP contribution in [0.1, 0.15) is 47.5 Å². The Hall–Kier alpha value is -0.960. The summed E-state index contributed by atoms with van der Waals surface area (Å²) in [7, 11) is -4.42. The van der Waals surface area contributed by atoms with E-state index in [1.807, 2.05) is 0 Å². The summed E-state index contributed by atoms with van der Waals surface area (Å²) in [5.74, 6) is -0.0211. The lowest BCUT2D eigenvalue weighted by Gasteiger charge is -2.35. The second kappa shape index (κ2) is 13.3. The van der Waals surface area contributed by atoms with Crippen LogP contribution < -0.4 is 5.32 Å². The van der Waals surface area contributed by atoms with E-state index < -0.39 is 10.4 Å². The molecule has 0 fully saturated rings. The number of quaternary nitrogens is 1. The molecule has 0 radical (unpaired) electrons. The van der Waals surface area contributed by atoms with Crippen molar-refractivity contribution in [3.05, 3.63) is 12.2 Å². The molecule has 0 heterocycles. The van der Waals surface area contributed by atoms with E-state index >= 15 is 0 Å². The first-order chi connectivity index (χ1) is 11.1. The Balaban J connectivity index is 0. The Morgan fingerprint density at radius 1 is 1.12 bits per heavy atom. The maximum Gasteiger partial charge on any atom is 0.246 e. The van der Waals surface area contributed by atoms with E-state index in [0.29, 0.717) is 5.57 Å². The minimum atomic E-state index is -4.42. The molecule has 0 aliphatic carbocycles. The highest BCUT2D eigenvalue weighted by atomic mass is 32.3. The average molecular weight is 367 g/mol. The zero-order valence-electron chi connectivity index (χ0n) is 15.8. The SMILES string of the molecule is C=C(C)C(=O)NCCCC[N+](CC)(CC)CC.CCOS(=O)(=O)[O-]. The van der Waals surface area contributed by atoms with Gasteiger partial charge in [0.15, 0.2) is 0 Å². The van der Waals surface area contributed by atoms with Crippen LogP contribution in [0.4, 0.5) is 0 Å². The van der Waals surface area contributed by atoms with Gasteiger partial charge in [-0.15, -0.1) is 0 Å². The van der Waals surface area contributed by atoms with Crippen LogP contribution in [0, 0.1) is 0 Å². The van der Waals surface area contributed by atoms with Gasteiger partial charge in [-0.3, -0.25) is 8.98 Å². The number of nitrogens with one attached hydrogen (secondary N) is 1. The topological polar surface area (TPSA) is 95.5 Å². The zero-order chi connectivity index (χ0) is 19.2. The van der Waals surface area contributed by atoms with Crippen LogP contribution >= 0.6 is 0 Å². The van der Waals surface area contributed by atoms with Gasteiger partial charge in [0.25, 0.3) is 0 Å². The fourth-order valence-corrected chi connectivity index (χ4v) is 2.50. The molecule has 0 aliphatic rings. The maximum atomic E-state index is 11.3. The van der Waals surface area contributed by atoms with E-state index in [4.69, 9.17) is 0 Å². The summed E-state index contributed by atoms with van der Waals surface area (Å²) in [6.07, 6.45) is 2.23. The number of carbonyl (C=O) groups excluding carboxylic acids is 1. The molecule has 0 saturated carbocycles. The lowest BCUT2D eigenvalue weighted by Crippen LogP contribution is -2.48. The van der Waals surface area contributed by atoms with Gasteiger partial charge in [-0.05, 0) is 47.5 Å². The molecule has 0 aromatic heterocycles. The Morgan fingerprint density at radius 2 is 1.62 bits per heavy atom. The average Bonchev–Trinajstić information content (AvgIpc) is 2.50. The highest BCUT2D eigenvalue weighted by Crippen LogP contribution is 2.08. The van der Waals surface area contributed by atoms with Gasteiger partial charge in [0, 0.05) is 12.1 Å². The van der Waals surface area contributed by atoms with Crippen molar-refractivity contribution < 1.29 is 26.4 Å². The summed E-state index contributed by atoms with van der Waals surface area (Å²) < 4.78 is 33.2. The van der Waals surface area contributed by atoms with Crippen LogP contribution in [0.3, 0.4) is 0 Å². The molecular formula is C16H34N2O5S. The normalized spacial score (nSPS) is 11.4. The van der Waals surface area contributed by atoms with Crippen molar-refractivity contribution in [2.24, 2.45) is 0 Å². The minimum absolute atomic E-state index is 0.0211. The van der Waals surface area contributed by atoms with Crippen molar-refractivity contribution in [2.45, 2.75) is 47.5 Å². The van der Waals surface area contributed by atoms with Crippen LogP contribution in [-0.4, -0.2) is 62.7 Å². The summed E-state index contributed by atoms with van der Waals surface area (Å²) in [5.41, 5.74) is 0.589. The molecule has 0 bridgehead atoms. The highest BCUT2D eigenvalue weighted by molar-refractivity contribution is 7.80. The minimum Gasteiger partial charge on any atom is -0.726 e. The number of carbonyl (C=O) groups is 1. The van der Waals surface area contributed by atoms with Crippen molar-refractivity contribution in [3.8, 4) is 0 Å². The molecule has 0 rings (SSSR count). The molecular weight excluding hydrogens is 332 g/mol. The lowest BCUT2D eigenvalue weighted by atomic mass is 10.2. The van der Waals surface area contributed by atoms with Crippen molar-refractivity contribution in [1.82, 2.24) is 5.32 Å². The second-order valence-electron chi connectivity index (χ2n) is 5.57. The Labute approximate surface area is 147 Å². The number of hydrogen-bond acceptors (Lipinski definition) is 5. The molecule has 8 heteroatoms. The summed E-state index contributed by atoms with van der Waals surface area (Å²) in [4.78, 5) is 11.3. The molecule has 0 aliphatic heterocycles. The van der Waals surface area contributed by atoms with Crippen molar-refractivity contribution in [2.75, 3.05) is 39.3 Å². The van der Waals surface area contributed by atoms with E-state index in [-0.39, 0.29) is 12.5 Å². The molecule has 1 N–H and O–H groups in total. The molecule has 1 amide bonds. The molecule has 7 nitrogen and oxygen atoms in total. The summed E-state index contributed by atoms with van der Waals surface area (Å²) in [6, 6.07) is 0. The molecule has 144 valence electrons. The molecule has 24 heavy (non-hydrogen) atoms. The van der Waals surface area contributed by atoms with E-state index in [9.17, 15) is 17.8 Å². The predicted octanol–water partition coefficient (Wildman–Crippen LogP) is 1.82. The molecule has 0 atom stereocenters. The first kappa shape index (κ1) is 25.3. The van der Waals surface area contributed by atoms with Crippen molar-refractivity contribution in [1.29, 1.82) is 0 Å². The number of amides is 1. The molecule has 0 aromatic carbocycles. The number of nitrogens with zero attached hydrogens (tertiary/aromatic N) is 1. The van der Waals surface area contributed by atoms with E-state index in [2.05, 4.69) is 36.9 Å². The van der Waals surface area contributed by atoms with Crippen LogP contribution in [0.5, 0.6) is 0 Å². The quantitative estimate of drug-likeness (QED) is 0.198. The molecule has 0 spiro atoms. The molecule has 0 saturated heterocycles. The summed E-state index contributed by atoms with van der Waals surface area (Å²) >= 11 is 0. The van der Waals surface area contributed by atoms with Crippen molar-refractivity contribution in [3.63, 3.8) is 0 Å². The standard InChI is InChI=1S/C14H28N2O.C2H6O4S/c1-6-16(7-2,8-3)12-10-9-11-15-14(17)13(4)5;1-2-6-7(3,4)5/h4,6-12H2,1-3,5H3;2H2,1H3,(H,3,4,5). The summed E-state index contributed by atoms with van der Waals surface area (Å²) in [5, 5.41) is 2.88. The van der Waals surface area contributed by atoms with Gasteiger partial charge in [0.1, 0.15) is 0 Å². The van der Waals surface area contributed by atoms with Gasteiger partial charge in [-0.25, -0.2) is 8.42 Å². The van der Waals surface area contributed by atoms with Gasteiger partial charge in [-0.1, -0.05) is 6.58 Å². The monoisotopic (exact) mass is 366 g/mol. The smallest absolute Gasteiger partial charge is 0.246 e. The van der Waals surface area contributed by atoms with Crippen LogP contribution in [0.15, 0.2) is 12.2 Å². The number of rotatable bonds is 11. The summed E-state index contributed by atoms with van der Waals surface area (Å²) in [6.45, 7) is 19.1. The van der Waals surface area contributed by atoms with Crippen LogP contribution in [0.25, 0.3) is 0 Å². The van der Waals surface area contributed by atoms with Crippen molar-refractivity contribution >= 4 is 16.3 Å².